The van der Waals surface area contributed by atoms with Gasteiger partial charge in [-0.15, -0.1) is 0 Å². The van der Waals surface area contributed by atoms with Gasteiger partial charge in [0.15, 0.2) is 12.4 Å². The Kier molecular flexibility index (Phi) is 6.64. The lowest BCUT2D eigenvalue weighted by Gasteiger charge is -2.23. The van der Waals surface area contributed by atoms with E-state index in [1.807, 2.05) is 36.4 Å². The number of para-hydroxylation sites is 1. The Labute approximate surface area is 170 Å². The highest BCUT2D eigenvalue weighted by molar-refractivity contribution is 5.77. The van der Waals surface area contributed by atoms with Crippen LogP contribution in [0.3, 0.4) is 0 Å². The van der Waals surface area contributed by atoms with Gasteiger partial charge in [-0.2, -0.15) is 0 Å². The number of likely N-dealkylation sites (N-methyl/N-ethyl adjacent to an activating group) is 1. The number of carbonyl (C=O) groups excluding carboxylic acids is 2. The van der Waals surface area contributed by atoms with Gasteiger partial charge in [-0.25, -0.2) is 9.97 Å². The summed E-state index contributed by atoms with van der Waals surface area (Å²) < 4.78 is 5.54. The number of amides is 2. The van der Waals surface area contributed by atoms with Crippen molar-refractivity contribution in [2.75, 3.05) is 32.6 Å². The van der Waals surface area contributed by atoms with Crippen molar-refractivity contribution >= 4 is 17.6 Å². The molecule has 0 aliphatic carbocycles. The summed E-state index contributed by atoms with van der Waals surface area (Å²) in [5.74, 6) is 1.81. The lowest BCUT2D eigenvalue weighted by Crippen LogP contribution is -2.32. The van der Waals surface area contributed by atoms with Crippen molar-refractivity contribution in [2.24, 2.45) is 0 Å². The van der Waals surface area contributed by atoms with Gasteiger partial charge in [0.05, 0.1) is 18.3 Å². The number of benzene rings is 1. The van der Waals surface area contributed by atoms with Gasteiger partial charge in [0, 0.05) is 33.6 Å². The average molecular weight is 397 g/mol. The summed E-state index contributed by atoms with van der Waals surface area (Å²) >= 11 is 0. The number of anilines is 1. The maximum atomic E-state index is 12.4. The third-order valence-electron chi connectivity index (χ3n) is 4.94. The van der Waals surface area contributed by atoms with Crippen molar-refractivity contribution in [1.29, 1.82) is 0 Å². The molecule has 29 heavy (non-hydrogen) atoms. The largest absolute Gasteiger partial charge is 0.484 e. The second kappa shape index (κ2) is 9.36. The SMILES string of the molecule is CNc1cc(CN(C)C(=O)COc2ccccc2)nc(C2CCCN2C(C)=O)n1. The van der Waals surface area contributed by atoms with E-state index >= 15 is 0 Å². The second-order valence-electron chi connectivity index (χ2n) is 7.07. The van der Waals surface area contributed by atoms with E-state index in [4.69, 9.17) is 4.74 Å². The van der Waals surface area contributed by atoms with Gasteiger partial charge in [-0.05, 0) is 25.0 Å². The minimum Gasteiger partial charge on any atom is -0.484 e. The molecule has 1 saturated heterocycles. The molecule has 8 nitrogen and oxygen atoms in total. The molecule has 1 fully saturated rings. The maximum absolute atomic E-state index is 12.4. The molecular formula is C21H27N5O3. The van der Waals surface area contributed by atoms with Crippen molar-refractivity contribution in [1.82, 2.24) is 19.8 Å². The number of nitrogens with one attached hydrogen (secondary N) is 1. The van der Waals surface area contributed by atoms with E-state index in [1.54, 1.807) is 30.8 Å². The fraction of sp³-hybridized carbons (Fsp3) is 0.429. The van der Waals surface area contributed by atoms with Crippen LogP contribution in [0.1, 0.15) is 37.3 Å². The predicted octanol–water partition coefficient (Wildman–Crippen LogP) is 2.24. The summed E-state index contributed by atoms with van der Waals surface area (Å²) in [6, 6.07) is 10.9. The Bertz CT molecular complexity index is 859. The number of likely N-dealkylation sites (tertiary alicyclic amines) is 1. The van der Waals surface area contributed by atoms with Gasteiger partial charge < -0.3 is 19.9 Å². The Morgan fingerprint density at radius 1 is 1.28 bits per heavy atom. The minimum atomic E-state index is -0.147. The summed E-state index contributed by atoms with van der Waals surface area (Å²) in [6.07, 6.45) is 1.77. The zero-order chi connectivity index (χ0) is 20.8. The molecular weight excluding hydrogens is 370 g/mol. The van der Waals surface area contributed by atoms with Crippen LogP contribution in [-0.4, -0.2) is 58.8 Å². The lowest BCUT2D eigenvalue weighted by molar-refractivity contribution is -0.132. The van der Waals surface area contributed by atoms with Gasteiger partial charge >= 0.3 is 0 Å². The van der Waals surface area contributed by atoms with E-state index in [0.717, 1.165) is 19.4 Å². The Hall–Kier alpha value is -3.16. The molecule has 3 rings (SSSR count). The number of aromatic nitrogens is 2. The van der Waals surface area contributed by atoms with Crippen LogP contribution in [0.15, 0.2) is 36.4 Å². The average Bonchev–Trinajstić information content (AvgIpc) is 3.23. The third kappa shape index (κ3) is 5.22. The van der Waals surface area contributed by atoms with Crippen molar-refractivity contribution in [3.63, 3.8) is 0 Å². The summed E-state index contributed by atoms with van der Waals surface area (Å²) in [5.41, 5.74) is 0.713. The first-order valence-corrected chi connectivity index (χ1v) is 9.72. The van der Waals surface area contributed by atoms with Crippen LogP contribution in [0.2, 0.25) is 0 Å². The van der Waals surface area contributed by atoms with E-state index in [0.29, 0.717) is 29.6 Å². The number of ether oxygens (including phenoxy) is 1. The van der Waals surface area contributed by atoms with E-state index in [9.17, 15) is 9.59 Å². The summed E-state index contributed by atoms with van der Waals surface area (Å²) in [5, 5.41) is 3.04. The van der Waals surface area contributed by atoms with Crippen LogP contribution in [0.25, 0.3) is 0 Å². The highest BCUT2D eigenvalue weighted by Gasteiger charge is 2.30. The zero-order valence-electron chi connectivity index (χ0n) is 17.1. The highest BCUT2D eigenvalue weighted by atomic mass is 16.5. The van der Waals surface area contributed by atoms with Crippen LogP contribution < -0.4 is 10.1 Å². The molecule has 1 atom stereocenters. The first-order chi connectivity index (χ1) is 14.0. The molecule has 1 aliphatic rings. The van der Waals surface area contributed by atoms with Crippen molar-refractivity contribution in [3.8, 4) is 5.75 Å². The topological polar surface area (TPSA) is 87.7 Å². The van der Waals surface area contributed by atoms with Crippen LogP contribution in [0.5, 0.6) is 5.75 Å². The molecule has 1 unspecified atom stereocenters. The van der Waals surface area contributed by atoms with E-state index in [-0.39, 0.29) is 24.5 Å². The Morgan fingerprint density at radius 3 is 2.72 bits per heavy atom. The Morgan fingerprint density at radius 2 is 2.03 bits per heavy atom. The molecule has 0 radical (unpaired) electrons. The second-order valence-corrected chi connectivity index (χ2v) is 7.07. The number of carbonyl (C=O) groups is 2. The molecule has 1 aliphatic heterocycles. The minimum absolute atomic E-state index is 0.0258. The van der Waals surface area contributed by atoms with E-state index in [1.165, 1.54) is 0 Å². The molecule has 0 saturated carbocycles. The van der Waals surface area contributed by atoms with Crippen LogP contribution in [0, 0.1) is 0 Å². The molecule has 1 aromatic carbocycles. The molecule has 154 valence electrons. The molecule has 8 heteroatoms. The number of hydrogen-bond donors (Lipinski definition) is 1. The van der Waals surface area contributed by atoms with Gasteiger partial charge in [-0.1, -0.05) is 18.2 Å². The number of hydrogen-bond acceptors (Lipinski definition) is 6. The lowest BCUT2D eigenvalue weighted by atomic mass is 10.2. The number of rotatable bonds is 7. The van der Waals surface area contributed by atoms with Gasteiger partial charge in [0.25, 0.3) is 5.91 Å². The zero-order valence-corrected chi connectivity index (χ0v) is 17.1. The first-order valence-electron chi connectivity index (χ1n) is 9.72. The normalized spacial score (nSPS) is 15.8. The van der Waals surface area contributed by atoms with Crippen molar-refractivity contribution in [2.45, 2.75) is 32.4 Å². The fourth-order valence-corrected chi connectivity index (χ4v) is 3.39. The molecule has 2 heterocycles. The van der Waals surface area contributed by atoms with Crippen molar-refractivity contribution in [3.05, 3.63) is 47.9 Å². The monoisotopic (exact) mass is 397 g/mol. The fourth-order valence-electron chi connectivity index (χ4n) is 3.39. The molecule has 2 amide bonds. The highest BCUT2D eigenvalue weighted by Crippen LogP contribution is 2.30. The van der Waals surface area contributed by atoms with E-state index < -0.39 is 0 Å². The van der Waals surface area contributed by atoms with Gasteiger partial charge in [0.2, 0.25) is 5.91 Å². The molecule has 1 aromatic heterocycles. The Balaban J connectivity index is 1.69. The van der Waals surface area contributed by atoms with Crippen molar-refractivity contribution < 1.29 is 14.3 Å². The smallest absolute Gasteiger partial charge is 0.260 e. The number of nitrogens with zero attached hydrogens (tertiary/aromatic N) is 4. The van der Waals surface area contributed by atoms with Gasteiger partial charge in [-0.3, -0.25) is 9.59 Å². The van der Waals surface area contributed by atoms with Crippen LogP contribution in [-0.2, 0) is 16.1 Å². The third-order valence-corrected chi connectivity index (χ3v) is 4.94. The quantitative estimate of drug-likeness (QED) is 0.771. The first kappa shape index (κ1) is 20.6. The molecule has 0 bridgehead atoms. The van der Waals surface area contributed by atoms with Crippen LogP contribution >= 0.6 is 0 Å². The predicted molar refractivity (Wildman–Crippen MR) is 109 cm³/mol. The van der Waals surface area contributed by atoms with E-state index in [2.05, 4.69) is 15.3 Å². The molecule has 0 spiro atoms. The summed E-state index contributed by atoms with van der Waals surface area (Å²) in [4.78, 5) is 36.9. The molecule has 2 aromatic rings. The standard InChI is InChI=1S/C21H27N5O3/c1-15(27)26-11-7-10-18(26)21-23-16(12-19(22-2)24-21)13-25(3)20(28)14-29-17-8-5-4-6-9-17/h4-6,8-9,12,18H,7,10-11,13-14H2,1-3H3,(H,22,23,24). The summed E-state index contributed by atoms with van der Waals surface area (Å²) in [6.45, 7) is 2.57. The summed E-state index contributed by atoms with van der Waals surface area (Å²) in [7, 11) is 3.50. The maximum Gasteiger partial charge on any atom is 0.260 e. The van der Waals surface area contributed by atoms with Crippen LogP contribution in [0.4, 0.5) is 5.82 Å². The van der Waals surface area contributed by atoms with Gasteiger partial charge in [0.1, 0.15) is 11.6 Å². The molecule has 1 N–H and O–H groups in total.